The molecular weight excluding hydrogens is 160 g/mol. The average molecular weight is 177 g/mol. The highest BCUT2D eigenvalue weighted by Crippen LogP contribution is 2.24. The Labute approximate surface area is 79.8 Å². The lowest BCUT2D eigenvalue weighted by atomic mass is 9.96. The number of rotatable bonds is 2. The first-order valence-electron chi connectivity index (χ1n) is 5.35. The Hall–Kier alpha value is -0.790. The van der Waals surface area contributed by atoms with E-state index in [2.05, 4.69) is 16.2 Å². The molecule has 0 aromatic carbocycles. The van der Waals surface area contributed by atoms with Gasteiger partial charge in [-0.1, -0.05) is 38.5 Å². The Morgan fingerprint density at radius 2 is 2.08 bits per heavy atom. The fourth-order valence-corrected chi connectivity index (χ4v) is 2.20. The monoisotopic (exact) mass is 177 g/mol. The summed E-state index contributed by atoms with van der Waals surface area (Å²) in [7, 11) is 0. The highest BCUT2D eigenvalue weighted by Gasteiger charge is 2.13. The van der Waals surface area contributed by atoms with Gasteiger partial charge in [-0.3, -0.25) is 0 Å². The van der Waals surface area contributed by atoms with Crippen molar-refractivity contribution in [1.29, 1.82) is 0 Å². The van der Waals surface area contributed by atoms with E-state index in [1.807, 2.05) is 0 Å². The van der Waals surface area contributed by atoms with Crippen LogP contribution in [0.2, 0.25) is 0 Å². The van der Waals surface area contributed by atoms with Gasteiger partial charge in [0.15, 0.2) is 0 Å². The van der Waals surface area contributed by atoms with Crippen LogP contribution in [0.15, 0.2) is 6.20 Å². The molecule has 0 bridgehead atoms. The summed E-state index contributed by atoms with van der Waals surface area (Å²) in [5, 5.41) is 0. The van der Waals surface area contributed by atoms with E-state index in [1.165, 1.54) is 38.5 Å². The second-order valence-electron chi connectivity index (χ2n) is 4.04. The third-order valence-corrected chi connectivity index (χ3v) is 2.96. The Morgan fingerprint density at radius 3 is 2.69 bits per heavy atom. The van der Waals surface area contributed by atoms with Crippen LogP contribution in [0.4, 0.5) is 0 Å². The van der Waals surface area contributed by atoms with Crippen molar-refractivity contribution in [3.8, 4) is 0 Å². The summed E-state index contributed by atoms with van der Waals surface area (Å²) in [6.07, 6.45) is 14.2. The first-order valence-corrected chi connectivity index (χ1v) is 5.35. The molecule has 2 nitrogen and oxygen atoms in total. The molecule has 1 saturated carbocycles. The predicted molar refractivity (Wildman–Crippen MR) is 52.3 cm³/mol. The largest absolute Gasteiger partial charge is 0.348 e. The van der Waals surface area contributed by atoms with Gasteiger partial charge in [0.05, 0.1) is 0 Å². The highest BCUT2D eigenvalue weighted by atomic mass is 14.9. The molecule has 0 spiro atoms. The van der Waals surface area contributed by atoms with Crippen molar-refractivity contribution in [1.82, 2.24) is 9.97 Å². The molecule has 2 rings (SSSR count). The molecule has 0 amide bonds. The van der Waals surface area contributed by atoms with E-state index in [4.69, 9.17) is 0 Å². The number of aromatic nitrogens is 2. The SMILES string of the molecule is [c]1c[nH]c(CC2CCCCCC2)n1. The molecule has 13 heavy (non-hydrogen) atoms. The molecule has 1 aromatic rings. The van der Waals surface area contributed by atoms with Crippen molar-refractivity contribution in [3.63, 3.8) is 0 Å². The van der Waals surface area contributed by atoms with Crippen LogP contribution in [0.1, 0.15) is 44.3 Å². The number of hydrogen-bond acceptors (Lipinski definition) is 1. The van der Waals surface area contributed by atoms with Crippen molar-refractivity contribution in [3.05, 3.63) is 18.2 Å². The molecule has 1 aliphatic rings. The van der Waals surface area contributed by atoms with Crippen LogP contribution in [0.3, 0.4) is 0 Å². The minimum absolute atomic E-state index is 0.863. The summed E-state index contributed by atoms with van der Waals surface area (Å²) in [4.78, 5) is 7.30. The molecular formula is C11H17N2. The molecule has 0 saturated heterocycles. The number of nitrogens with zero attached hydrogens (tertiary/aromatic N) is 1. The lowest BCUT2D eigenvalue weighted by molar-refractivity contribution is 0.449. The van der Waals surface area contributed by atoms with E-state index in [1.54, 1.807) is 6.20 Å². The van der Waals surface area contributed by atoms with Crippen molar-refractivity contribution < 1.29 is 0 Å². The normalized spacial score (nSPS) is 20.0. The number of hydrogen-bond donors (Lipinski definition) is 1. The summed E-state index contributed by atoms with van der Waals surface area (Å²) >= 11 is 0. The van der Waals surface area contributed by atoms with Gasteiger partial charge in [-0.15, -0.1) is 0 Å². The molecule has 1 fully saturated rings. The topological polar surface area (TPSA) is 28.7 Å². The van der Waals surface area contributed by atoms with Crippen LogP contribution in [-0.2, 0) is 6.42 Å². The third kappa shape index (κ3) is 2.58. The van der Waals surface area contributed by atoms with E-state index in [-0.39, 0.29) is 0 Å². The zero-order valence-electron chi connectivity index (χ0n) is 8.05. The summed E-state index contributed by atoms with van der Waals surface area (Å²) in [5.74, 6) is 1.98. The van der Waals surface area contributed by atoms with Crippen molar-refractivity contribution in [2.45, 2.75) is 44.9 Å². The van der Waals surface area contributed by atoms with Gasteiger partial charge in [0.2, 0.25) is 0 Å². The summed E-state index contributed by atoms with van der Waals surface area (Å²) in [6, 6.07) is 0. The molecule has 71 valence electrons. The lowest BCUT2D eigenvalue weighted by Crippen LogP contribution is -2.04. The molecule has 2 heteroatoms. The lowest BCUT2D eigenvalue weighted by Gasteiger charge is -2.11. The minimum atomic E-state index is 0.863. The van der Waals surface area contributed by atoms with Crippen LogP contribution in [0.25, 0.3) is 0 Å². The van der Waals surface area contributed by atoms with Gasteiger partial charge in [0, 0.05) is 12.6 Å². The second kappa shape index (κ2) is 4.45. The highest BCUT2D eigenvalue weighted by molar-refractivity contribution is 4.88. The first-order chi connectivity index (χ1) is 6.45. The quantitative estimate of drug-likeness (QED) is 0.691. The summed E-state index contributed by atoms with van der Waals surface area (Å²) < 4.78 is 0. The maximum Gasteiger partial charge on any atom is 0.108 e. The Kier molecular flexibility index (Phi) is 3.01. The van der Waals surface area contributed by atoms with Gasteiger partial charge in [-0.2, -0.15) is 0 Å². The number of H-pyrrole nitrogens is 1. The van der Waals surface area contributed by atoms with Crippen LogP contribution < -0.4 is 0 Å². The van der Waals surface area contributed by atoms with E-state index >= 15 is 0 Å². The molecule has 0 unspecified atom stereocenters. The zero-order valence-corrected chi connectivity index (χ0v) is 8.05. The number of aromatic amines is 1. The average Bonchev–Trinajstić information content (AvgIpc) is 2.49. The van der Waals surface area contributed by atoms with Gasteiger partial charge in [0.1, 0.15) is 12.0 Å². The third-order valence-electron chi connectivity index (χ3n) is 2.96. The van der Waals surface area contributed by atoms with Crippen molar-refractivity contribution in [2.75, 3.05) is 0 Å². The maximum absolute atomic E-state index is 4.16. The molecule has 1 radical (unpaired) electrons. The van der Waals surface area contributed by atoms with Gasteiger partial charge >= 0.3 is 0 Å². The number of nitrogens with one attached hydrogen (secondary N) is 1. The van der Waals surface area contributed by atoms with Gasteiger partial charge in [-0.25, -0.2) is 4.98 Å². The van der Waals surface area contributed by atoms with Crippen LogP contribution in [-0.4, -0.2) is 9.97 Å². The first kappa shape index (κ1) is 8.79. The molecule has 1 heterocycles. The predicted octanol–water partition coefficient (Wildman–Crippen LogP) is 2.72. The Balaban J connectivity index is 1.86. The molecule has 0 atom stereocenters. The van der Waals surface area contributed by atoms with Gasteiger partial charge in [0.25, 0.3) is 0 Å². The van der Waals surface area contributed by atoms with Gasteiger partial charge in [-0.05, 0) is 5.92 Å². The zero-order chi connectivity index (χ0) is 8.93. The van der Waals surface area contributed by atoms with Crippen LogP contribution in [0.5, 0.6) is 0 Å². The minimum Gasteiger partial charge on any atom is -0.348 e. The molecule has 1 aliphatic carbocycles. The van der Waals surface area contributed by atoms with Crippen molar-refractivity contribution in [2.24, 2.45) is 5.92 Å². The smallest absolute Gasteiger partial charge is 0.108 e. The van der Waals surface area contributed by atoms with E-state index < -0.39 is 0 Å². The van der Waals surface area contributed by atoms with Gasteiger partial charge < -0.3 is 4.98 Å². The Morgan fingerprint density at radius 1 is 1.31 bits per heavy atom. The molecule has 1 N–H and O–H groups in total. The second-order valence-corrected chi connectivity index (χ2v) is 4.04. The van der Waals surface area contributed by atoms with Crippen LogP contribution in [0, 0.1) is 12.1 Å². The van der Waals surface area contributed by atoms with E-state index in [0.717, 1.165) is 18.2 Å². The van der Waals surface area contributed by atoms with Crippen LogP contribution >= 0.6 is 0 Å². The summed E-state index contributed by atoms with van der Waals surface area (Å²) in [5.41, 5.74) is 0. The molecule has 1 aromatic heterocycles. The maximum atomic E-state index is 4.16. The standard InChI is InChI=1S/C11H17N2/c1-2-4-6-10(5-3-1)9-11-12-7-8-13-11/h7,10H,1-6,9H2,(H,12,13). The van der Waals surface area contributed by atoms with E-state index in [9.17, 15) is 0 Å². The molecule has 0 aliphatic heterocycles. The Bertz CT molecular complexity index is 220. The fraction of sp³-hybridized carbons (Fsp3) is 0.727. The van der Waals surface area contributed by atoms with E-state index in [0.29, 0.717) is 0 Å². The summed E-state index contributed by atoms with van der Waals surface area (Å²) in [6.45, 7) is 0. The fourth-order valence-electron chi connectivity index (χ4n) is 2.20. The van der Waals surface area contributed by atoms with Crippen molar-refractivity contribution >= 4 is 0 Å². The number of imidazole rings is 1.